The van der Waals surface area contributed by atoms with Crippen LogP contribution in [0.25, 0.3) is 0 Å². The van der Waals surface area contributed by atoms with Gasteiger partial charge < -0.3 is 0 Å². The maximum absolute atomic E-state index is 4.04. The van der Waals surface area contributed by atoms with Gasteiger partial charge in [0.2, 0.25) is 0 Å². The third-order valence-corrected chi connectivity index (χ3v) is 4.43. The molecule has 0 amide bonds. The van der Waals surface area contributed by atoms with E-state index in [1.807, 2.05) is 0 Å². The van der Waals surface area contributed by atoms with E-state index >= 15 is 0 Å². The molecular formula is C19H21N. The highest BCUT2D eigenvalue weighted by Crippen LogP contribution is 2.41. The van der Waals surface area contributed by atoms with E-state index in [1.165, 1.54) is 11.1 Å². The fourth-order valence-corrected chi connectivity index (χ4v) is 3.34. The summed E-state index contributed by atoms with van der Waals surface area (Å²) in [5.74, 6) is 0.567. The lowest BCUT2D eigenvalue weighted by Crippen LogP contribution is -2.59. The van der Waals surface area contributed by atoms with E-state index < -0.39 is 0 Å². The molecule has 0 bridgehead atoms. The fourth-order valence-electron chi connectivity index (χ4n) is 3.34. The Hall–Kier alpha value is -1.86. The van der Waals surface area contributed by atoms with Crippen LogP contribution in [-0.4, -0.2) is 17.0 Å². The van der Waals surface area contributed by atoms with E-state index in [0.717, 1.165) is 6.54 Å². The van der Waals surface area contributed by atoms with Crippen LogP contribution in [0.5, 0.6) is 0 Å². The predicted octanol–water partition coefficient (Wildman–Crippen LogP) is 4.23. The van der Waals surface area contributed by atoms with Gasteiger partial charge in [0.1, 0.15) is 0 Å². The van der Waals surface area contributed by atoms with Gasteiger partial charge in [-0.25, -0.2) is 0 Å². The standard InChI is InChI=1S/C19H21N/c1-3-18-19(17-12-8-5-9-13-17)15(2)20(18)14-16-10-6-4-7-11-16/h3-13,15,18-19H,1,14H2,2H3/t15-,18+,19+/m0/s1. The highest BCUT2D eigenvalue weighted by Gasteiger charge is 2.44. The van der Waals surface area contributed by atoms with E-state index in [2.05, 4.69) is 85.1 Å². The average molecular weight is 263 g/mol. The monoisotopic (exact) mass is 263 g/mol. The third kappa shape index (κ3) is 2.30. The molecule has 2 aromatic carbocycles. The van der Waals surface area contributed by atoms with Crippen LogP contribution in [0.2, 0.25) is 0 Å². The van der Waals surface area contributed by atoms with E-state index in [-0.39, 0.29) is 0 Å². The molecule has 1 saturated heterocycles. The zero-order valence-corrected chi connectivity index (χ0v) is 11.9. The molecule has 0 N–H and O–H groups in total. The van der Waals surface area contributed by atoms with Crippen molar-refractivity contribution in [2.75, 3.05) is 0 Å². The summed E-state index contributed by atoms with van der Waals surface area (Å²) in [6.07, 6.45) is 2.10. The fraction of sp³-hybridized carbons (Fsp3) is 0.263. The van der Waals surface area contributed by atoms with E-state index in [9.17, 15) is 0 Å². The molecule has 3 rings (SSSR count). The number of benzene rings is 2. The Morgan fingerprint density at radius 1 is 1.00 bits per heavy atom. The Morgan fingerprint density at radius 2 is 1.60 bits per heavy atom. The van der Waals surface area contributed by atoms with Crippen molar-refractivity contribution in [3.8, 4) is 0 Å². The van der Waals surface area contributed by atoms with Crippen LogP contribution < -0.4 is 0 Å². The van der Waals surface area contributed by atoms with Crippen molar-refractivity contribution in [1.82, 2.24) is 4.90 Å². The summed E-state index contributed by atoms with van der Waals surface area (Å²) in [6, 6.07) is 22.5. The molecule has 0 unspecified atom stereocenters. The Bertz CT molecular complexity index is 561. The highest BCUT2D eigenvalue weighted by atomic mass is 15.3. The van der Waals surface area contributed by atoms with Gasteiger partial charge in [-0.05, 0) is 18.1 Å². The largest absolute Gasteiger partial charge is 0.289 e. The van der Waals surface area contributed by atoms with Crippen molar-refractivity contribution in [1.29, 1.82) is 0 Å². The second kappa shape index (κ2) is 5.64. The molecule has 0 saturated carbocycles. The highest BCUT2D eigenvalue weighted by molar-refractivity contribution is 5.30. The van der Waals surface area contributed by atoms with Crippen LogP contribution in [-0.2, 0) is 6.54 Å². The molecular weight excluding hydrogens is 242 g/mol. The lowest BCUT2D eigenvalue weighted by atomic mass is 9.75. The lowest BCUT2D eigenvalue weighted by Gasteiger charge is -2.53. The van der Waals surface area contributed by atoms with E-state index in [0.29, 0.717) is 18.0 Å². The first kappa shape index (κ1) is 13.1. The Kier molecular flexibility index (Phi) is 3.70. The number of likely N-dealkylation sites (tertiary alicyclic amines) is 1. The molecule has 1 heterocycles. The van der Waals surface area contributed by atoms with Gasteiger partial charge >= 0.3 is 0 Å². The summed E-state index contributed by atoms with van der Waals surface area (Å²) < 4.78 is 0. The first-order valence-corrected chi connectivity index (χ1v) is 7.28. The Morgan fingerprint density at radius 3 is 2.20 bits per heavy atom. The Labute approximate surface area is 121 Å². The average Bonchev–Trinajstić information content (AvgIpc) is 2.51. The lowest BCUT2D eigenvalue weighted by molar-refractivity contribution is 0.0163. The van der Waals surface area contributed by atoms with Gasteiger partial charge in [0.05, 0.1) is 0 Å². The zero-order valence-electron chi connectivity index (χ0n) is 11.9. The summed E-state index contributed by atoms with van der Waals surface area (Å²) in [6.45, 7) is 7.37. The second-order valence-electron chi connectivity index (χ2n) is 5.56. The summed E-state index contributed by atoms with van der Waals surface area (Å²) in [7, 11) is 0. The third-order valence-electron chi connectivity index (χ3n) is 4.43. The van der Waals surface area contributed by atoms with Crippen LogP contribution >= 0.6 is 0 Å². The summed E-state index contributed by atoms with van der Waals surface area (Å²) in [4.78, 5) is 2.53. The smallest absolute Gasteiger partial charge is 0.0365 e. The molecule has 0 aliphatic carbocycles. The van der Waals surface area contributed by atoms with Gasteiger partial charge in [-0.15, -0.1) is 6.58 Å². The van der Waals surface area contributed by atoms with Crippen molar-refractivity contribution in [3.05, 3.63) is 84.4 Å². The molecule has 3 atom stereocenters. The number of hydrogen-bond acceptors (Lipinski definition) is 1. The number of nitrogens with zero attached hydrogens (tertiary/aromatic N) is 1. The van der Waals surface area contributed by atoms with Gasteiger partial charge in [0, 0.05) is 24.5 Å². The molecule has 1 nitrogen and oxygen atoms in total. The van der Waals surface area contributed by atoms with Gasteiger partial charge in [-0.3, -0.25) is 4.90 Å². The van der Waals surface area contributed by atoms with E-state index in [1.54, 1.807) is 0 Å². The van der Waals surface area contributed by atoms with Gasteiger partial charge in [-0.2, -0.15) is 0 Å². The SMILES string of the molecule is C=C[C@@H]1[C@@H](c2ccccc2)[C@H](C)N1Cc1ccccc1. The van der Waals surface area contributed by atoms with Crippen molar-refractivity contribution in [3.63, 3.8) is 0 Å². The van der Waals surface area contributed by atoms with Gasteiger partial charge in [-0.1, -0.05) is 66.7 Å². The second-order valence-corrected chi connectivity index (χ2v) is 5.56. The molecule has 0 radical (unpaired) electrons. The first-order valence-electron chi connectivity index (χ1n) is 7.28. The molecule has 0 aromatic heterocycles. The van der Waals surface area contributed by atoms with Crippen LogP contribution in [0.15, 0.2) is 73.3 Å². The predicted molar refractivity (Wildman–Crippen MR) is 84.6 cm³/mol. The van der Waals surface area contributed by atoms with Crippen molar-refractivity contribution < 1.29 is 0 Å². The van der Waals surface area contributed by atoms with Crippen molar-refractivity contribution in [2.24, 2.45) is 0 Å². The molecule has 1 fully saturated rings. The minimum absolute atomic E-state index is 0.438. The molecule has 1 heteroatoms. The summed E-state index contributed by atoms with van der Waals surface area (Å²) >= 11 is 0. The van der Waals surface area contributed by atoms with Crippen LogP contribution in [0.3, 0.4) is 0 Å². The molecule has 20 heavy (non-hydrogen) atoms. The van der Waals surface area contributed by atoms with Gasteiger partial charge in [0.25, 0.3) is 0 Å². The molecule has 2 aromatic rings. The van der Waals surface area contributed by atoms with Crippen molar-refractivity contribution in [2.45, 2.75) is 31.5 Å². The maximum atomic E-state index is 4.04. The van der Waals surface area contributed by atoms with Crippen LogP contribution in [0, 0.1) is 0 Å². The summed E-state index contributed by atoms with van der Waals surface area (Å²) in [5.41, 5.74) is 2.80. The topological polar surface area (TPSA) is 3.24 Å². The number of hydrogen-bond donors (Lipinski definition) is 0. The van der Waals surface area contributed by atoms with Gasteiger partial charge in [0.15, 0.2) is 0 Å². The van der Waals surface area contributed by atoms with E-state index in [4.69, 9.17) is 0 Å². The number of rotatable bonds is 4. The summed E-state index contributed by atoms with van der Waals surface area (Å²) in [5, 5.41) is 0. The van der Waals surface area contributed by atoms with Crippen LogP contribution in [0.1, 0.15) is 24.0 Å². The van der Waals surface area contributed by atoms with Crippen LogP contribution in [0.4, 0.5) is 0 Å². The quantitative estimate of drug-likeness (QED) is 0.746. The minimum Gasteiger partial charge on any atom is -0.289 e. The zero-order chi connectivity index (χ0) is 13.9. The Balaban J connectivity index is 1.77. The molecule has 1 aliphatic heterocycles. The normalized spacial score (nSPS) is 25.9. The van der Waals surface area contributed by atoms with Crippen molar-refractivity contribution >= 4 is 0 Å². The molecule has 1 aliphatic rings. The molecule has 102 valence electrons. The first-order chi connectivity index (χ1) is 9.81. The molecule has 0 spiro atoms. The minimum atomic E-state index is 0.438. The maximum Gasteiger partial charge on any atom is 0.0365 e.